The highest BCUT2D eigenvalue weighted by molar-refractivity contribution is 5.20. The summed E-state index contributed by atoms with van der Waals surface area (Å²) in [6, 6.07) is 0. The molecule has 0 aromatic heterocycles. The molecule has 0 amide bonds. The summed E-state index contributed by atoms with van der Waals surface area (Å²) < 4.78 is 0. The van der Waals surface area contributed by atoms with Gasteiger partial charge < -0.3 is 20.4 Å². The van der Waals surface area contributed by atoms with E-state index in [0.29, 0.717) is 34.5 Å². The van der Waals surface area contributed by atoms with Crippen molar-refractivity contribution in [3.05, 3.63) is 0 Å². The number of rotatable bonds is 0. The molecule has 4 N–H and O–H groups in total. The van der Waals surface area contributed by atoms with Gasteiger partial charge in [-0.3, -0.25) is 0 Å². The zero-order valence-corrected chi connectivity index (χ0v) is 23.1. The minimum Gasteiger partial charge on any atom is -0.390 e. The van der Waals surface area contributed by atoms with E-state index >= 15 is 0 Å². The third-order valence-electron chi connectivity index (χ3n) is 13.8. The van der Waals surface area contributed by atoms with Gasteiger partial charge in [0.1, 0.15) is 0 Å². The van der Waals surface area contributed by atoms with Crippen LogP contribution in [0.3, 0.4) is 0 Å². The molecule has 4 heteroatoms. The minimum absolute atomic E-state index is 0.172. The Kier molecular flexibility index (Phi) is 5.42. The van der Waals surface area contributed by atoms with Crippen LogP contribution < -0.4 is 0 Å². The van der Waals surface area contributed by atoms with E-state index in [9.17, 15) is 20.4 Å². The Hall–Kier alpha value is -0.160. The summed E-state index contributed by atoms with van der Waals surface area (Å²) in [5.41, 5.74) is -0.805. The van der Waals surface area contributed by atoms with Gasteiger partial charge in [0.15, 0.2) is 0 Å². The highest BCUT2D eigenvalue weighted by atomic mass is 16.3. The Morgan fingerprint density at radius 2 is 0.824 bits per heavy atom. The van der Waals surface area contributed by atoms with Crippen LogP contribution in [0.1, 0.15) is 107 Å². The Labute approximate surface area is 207 Å². The Balaban J connectivity index is 0.000000142. The molecule has 0 radical (unpaired) electrons. The zero-order chi connectivity index (χ0) is 25.3. The van der Waals surface area contributed by atoms with Crippen LogP contribution >= 0.6 is 0 Å². The van der Waals surface area contributed by atoms with Crippen molar-refractivity contribution in [3.8, 4) is 0 Å². The molecule has 0 aromatic rings. The molecule has 6 aliphatic carbocycles. The van der Waals surface area contributed by atoms with Gasteiger partial charge in [-0.1, -0.05) is 41.5 Å². The summed E-state index contributed by atoms with van der Waals surface area (Å²) >= 11 is 0. The maximum atomic E-state index is 10.7. The van der Waals surface area contributed by atoms with Crippen molar-refractivity contribution in [1.29, 1.82) is 0 Å². The smallest absolute Gasteiger partial charge is 0.0911 e. The average Bonchev–Trinajstić information content (AvgIpc) is 3.33. The molecule has 4 nitrogen and oxygen atoms in total. The van der Waals surface area contributed by atoms with Crippen LogP contribution in [0.5, 0.6) is 0 Å². The van der Waals surface area contributed by atoms with E-state index in [4.69, 9.17) is 0 Å². The van der Waals surface area contributed by atoms with Gasteiger partial charge >= 0.3 is 0 Å². The highest BCUT2D eigenvalue weighted by Crippen LogP contribution is 2.74. The van der Waals surface area contributed by atoms with E-state index in [0.717, 1.165) is 25.7 Å². The first kappa shape index (κ1) is 25.5. The largest absolute Gasteiger partial charge is 0.390 e. The van der Waals surface area contributed by atoms with E-state index < -0.39 is 23.4 Å². The predicted molar refractivity (Wildman–Crippen MR) is 135 cm³/mol. The van der Waals surface area contributed by atoms with Crippen molar-refractivity contribution in [3.63, 3.8) is 0 Å². The molecule has 6 rings (SSSR count). The first-order chi connectivity index (χ1) is 15.5. The Bertz CT molecular complexity index is 762. The summed E-state index contributed by atoms with van der Waals surface area (Å²) in [7, 11) is 0. The molecule has 6 saturated carbocycles. The fraction of sp³-hybridized carbons (Fsp3) is 1.00. The second-order valence-corrected chi connectivity index (χ2v) is 15.6. The molecule has 2 spiro atoms. The molecular formula is C30H52O4. The van der Waals surface area contributed by atoms with E-state index in [-0.39, 0.29) is 22.7 Å². The molecule has 6 fully saturated rings. The quantitative estimate of drug-likeness (QED) is 0.389. The van der Waals surface area contributed by atoms with Gasteiger partial charge in [0, 0.05) is 0 Å². The lowest BCUT2D eigenvalue weighted by atomic mass is 9.63. The fourth-order valence-electron chi connectivity index (χ4n) is 11.7. The average molecular weight is 477 g/mol. The number of aliphatic hydroxyl groups excluding tert-OH is 2. The molecule has 6 aliphatic rings. The summed E-state index contributed by atoms with van der Waals surface area (Å²) in [4.78, 5) is 0. The van der Waals surface area contributed by atoms with Gasteiger partial charge in [0.2, 0.25) is 0 Å². The van der Waals surface area contributed by atoms with Crippen LogP contribution in [-0.2, 0) is 0 Å². The summed E-state index contributed by atoms with van der Waals surface area (Å²) in [6.07, 6.45) is 7.97. The van der Waals surface area contributed by atoms with E-state index in [1.807, 2.05) is 13.8 Å². The Morgan fingerprint density at radius 1 is 0.500 bits per heavy atom. The highest BCUT2D eigenvalue weighted by Gasteiger charge is 2.71. The molecule has 0 saturated heterocycles. The summed E-state index contributed by atoms with van der Waals surface area (Å²) in [6.45, 7) is 17.7. The van der Waals surface area contributed by atoms with Crippen LogP contribution in [0, 0.1) is 57.2 Å². The lowest BCUT2D eigenvalue weighted by molar-refractivity contribution is -0.153. The normalized spacial score (nSPS) is 60.4. The van der Waals surface area contributed by atoms with Gasteiger partial charge in [-0.15, -0.1) is 0 Å². The lowest BCUT2D eigenvalue weighted by Crippen LogP contribution is -2.53. The van der Waals surface area contributed by atoms with E-state index in [2.05, 4.69) is 41.5 Å². The second-order valence-electron chi connectivity index (χ2n) is 15.6. The lowest BCUT2D eigenvalue weighted by Gasteiger charge is -2.47. The topological polar surface area (TPSA) is 80.9 Å². The third kappa shape index (κ3) is 2.92. The maximum absolute atomic E-state index is 10.7. The zero-order valence-electron chi connectivity index (χ0n) is 23.1. The molecule has 0 heterocycles. The van der Waals surface area contributed by atoms with E-state index in [1.165, 1.54) is 25.7 Å². The van der Waals surface area contributed by atoms with Crippen molar-refractivity contribution < 1.29 is 20.4 Å². The molecule has 34 heavy (non-hydrogen) atoms. The standard InChI is InChI=1S/2C15H26O2/c2*1-9-5-6-10-13(2,3)11-7-15(9,10)8-12(16)14(11,4)17/h2*9-12,16-17H,5-8H2,1-4H3/t9-,10+,11-,12+,14+,15-;9-,10+,11-,12-,14-,15-/m11/s1. The van der Waals surface area contributed by atoms with Gasteiger partial charge in [-0.05, 0) is 122 Å². The monoisotopic (exact) mass is 476 g/mol. The third-order valence-corrected chi connectivity index (χ3v) is 13.8. The molecular weight excluding hydrogens is 424 g/mol. The SMILES string of the molecule is C[C@@H]1CC[C@H]2C(C)(C)[C@H]3C[C@@]12C[C@@H](O)[C@]3(C)O.C[C@@H]1CC[C@H]2C(C)(C)[C@H]3C[C@@]12C[C@H](O)[C@@]3(C)O. The van der Waals surface area contributed by atoms with Gasteiger partial charge in [0.05, 0.1) is 23.4 Å². The van der Waals surface area contributed by atoms with Gasteiger partial charge in [0.25, 0.3) is 0 Å². The second kappa shape index (κ2) is 7.23. The molecule has 0 unspecified atom stereocenters. The fourth-order valence-corrected chi connectivity index (χ4v) is 11.7. The molecule has 0 aromatic carbocycles. The number of hydrogen-bond acceptors (Lipinski definition) is 4. The molecule has 4 bridgehead atoms. The summed E-state index contributed by atoms with van der Waals surface area (Å²) in [5, 5.41) is 42.0. The number of fused-ring (bicyclic) bond motifs is 2. The van der Waals surface area contributed by atoms with Crippen LogP contribution in [0.15, 0.2) is 0 Å². The van der Waals surface area contributed by atoms with Crippen molar-refractivity contribution in [2.45, 2.75) is 130 Å². The molecule has 12 atom stereocenters. The Morgan fingerprint density at radius 3 is 1.15 bits per heavy atom. The van der Waals surface area contributed by atoms with Crippen LogP contribution in [0.2, 0.25) is 0 Å². The first-order valence-electron chi connectivity index (χ1n) is 14.3. The minimum atomic E-state index is -0.890. The van der Waals surface area contributed by atoms with Crippen molar-refractivity contribution in [1.82, 2.24) is 0 Å². The van der Waals surface area contributed by atoms with Crippen LogP contribution in [0.4, 0.5) is 0 Å². The maximum Gasteiger partial charge on any atom is 0.0911 e. The predicted octanol–water partition coefficient (Wildman–Crippen LogP) is 5.16. The number of hydrogen-bond donors (Lipinski definition) is 4. The van der Waals surface area contributed by atoms with Crippen molar-refractivity contribution in [2.24, 2.45) is 57.2 Å². The molecule has 0 aliphatic heterocycles. The summed E-state index contributed by atoms with van der Waals surface area (Å²) in [5.74, 6) is 3.32. The van der Waals surface area contributed by atoms with Crippen molar-refractivity contribution >= 4 is 0 Å². The van der Waals surface area contributed by atoms with E-state index in [1.54, 1.807) is 0 Å². The molecule has 196 valence electrons. The number of aliphatic hydroxyl groups is 4. The first-order valence-corrected chi connectivity index (χ1v) is 14.3. The van der Waals surface area contributed by atoms with Crippen molar-refractivity contribution in [2.75, 3.05) is 0 Å². The van der Waals surface area contributed by atoms with Crippen LogP contribution in [0.25, 0.3) is 0 Å². The van der Waals surface area contributed by atoms with Crippen LogP contribution in [-0.4, -0.2) is 43.8 Å². The van der Waals surface area contributed by atoms with Gasteiger partial charge in [-0.25, -0.2) is 0 Å². The van der Waals surface area contributed by atoms with Gasteiger partial charge in [-0.2, -0.15) is 0 Å².